The average molecular weight is 183 g/mol. The van der Waals surface area contributed by atoms with Crippen LogP contribution in [-0.2, 0) is 0 Å². The first-order valence-electron chi connectivity index (χ1n) is 3.71. The lowest BCUT2D eigenvalue weighted by molar-refractivity contribution is 0.249. The summed E-state index contributed by atoms with van der Waals surface area (Å²) in [4.78, 5) is 10.9. The van der Waals surface area contributed by atoms with Crippen LogP contribution in [0.1, 0.15) is 0 Å². The highest BCUT2D eigenvalue weighted by atomic mass is 19.1. The molecule has 1 aromatic carbocycles. The third kappa shape index (κ3) is 3.08. The van der Waals surface area contributed by atoms with Crippen LogP contribution in [-0.4, -0.2) is 13.1 Å². The van der Waals surface area contributed by atoms with Gasteiger partial charge in [-0.2, -0.15) is 0 Å². The van der Waals surface area contributed by atoms with Crippen molar-refractivity contribution < 1.29 is 9.18 Å². The van der Waals surface area contributed by atoms with E-state index in [4.69, 9.17) is 0 Å². The molecule has 0 spiro atoms. The Bertz CT molecular complexity index is 303. The molecule has 13 heavy (non-hydrogen) atoms. The minimum Gasteiger partial charge on any atom is -0.307 e. The van der Waals surface area contributed by atoms with E-state index < -0.39 is 6.03 Å². The Labute approximate surface area is 75.1 Å². The van der Waals surface area contributed by atoms with Crippen molar-refractivity contribution in [2.75, 3.05) is 12.4 Å². The van der Waals surface area contributed by atoms with Crippen molar-refractivity contribution >= 4 is 11.7 Å². The molecular weight excluding hydrogens is 173 g/mol. The summed E-state index contributed by atoms with van der Waals surface area (Å²) in [5.41, 5.74) is 5.15. The number of hydrogen-bond donors (Lipinski definition) is 3. The number of halogens is 1. The van der Waals surface area contributed by atoms with E-state index in [1.54, 1.807) is 13.1 Å². The van der Waals surface area contributed by atoms with Gasteiger partial charge in [0.05, 0.1) is 0 Å². The van der Waals surface area contributed by atoms with E-state index in [0.717, 1.165) is 0 Å². The molecule has 0 aliphatic heterocycles. The zero-order valence-electron chi connectivity index (χ0n) is 7.10. The highest BCUT2D eigenvalue weighted by Gasteiger charge is 1.99. The molecule has 0 bridgehead atoms. The Hall–Kier alpha value is -1.62. The number of amides is 2. The van der Waals surface area contributed by atoms with Gasteiger partial charge in [0.25, 0.3) is 0 Å². The number of hydrazine groups is 1. The van der Waals surface area contributed by atoms with Crippen LogP contribution in [0.15, 0.2) is 24.3 Å². The summed E-state index contributed by atoms with van der Waals surface area (Å²) in [7, 11) is 1.56. The summed E-state index contributed by atoms with van der Waals surface area (Å²) in [5.74, 6) is -0.387. The fourth-order valence-electron chi connectivity index (χ4n) is 0.842. The lowest BCUT2D eigenvalue weighted by Crippen LogP contribution is -2.37. The van der Waals surface area contributed by atoms with Crippen molar-refractivity contribution in [3.05, 3.63) is 30.1 Å². The molecular formula is C8H10FN3O. The van der Waals surface area contributed by atoms with E-state index in [-0.39, 0.29) is 5.82 Å². The van der Waals surface area contributed by atoms with Gasteiger partial charge in [-0.1, -0.05) is 6.07 Å². The normalized spacial score (nSPS) is 9.38. The second-order valence-electron chi connectivity index (χ2n) is 2.34. The molecule has 0 radical (unpaired) electrons. The van der Waals surface area contributed by atoms with Gasteiger partial charge in [-0.05, 0) is 18.2 Å². The Balaban J connectivity index is 2.58. The van der Waals surface area contributed by atoms with E-state index in [0.29, 0.717) is 5.69 Å². The van der Waals surface area contributed by atoms with E-state index >= 15 is 0 Å². The van der Waals surface area contributed by atoms with Crippen molar-refractivity contribution in [2.24, 2.45) is 0 Å². The number of carbonyl (C=O) groups is 1. The first kappa shape index (κ1) is 9.47. The Morgan fingerprint density at radius 1 is 1.46 bits per heavy atom. The maximum absolute atomic E-state index is 12.6. The van der Waals surface area contributed by atoms with Crippen molar-refractivity contribution in [1.29, 1.82) is 0 Å². The molecule has 0 atom stereocenters. The summed E-state index contributed by atoms with van der Waals surface area (Å²) < 4.78 is 12.6. The van der Waals surface area contributed by atoms with E-state index in [9.17, 15) is 9.18 Å². The van der Waals surface area contributed by atoms with Gasteiger partial charge in [0.1, 0.15) is 5.82 Å². The highest BCUT2D eigenvalue weighted by molar-refractivity contribution is 5.88. The van der Waals surface area contributed by atoms with E-state index in [2.05, 4.69) is 16.2 Å². The molecule has 0 aromatic heterocycles. The number of anilines is 1. The summed E-state index contributed by atoms with van der Waals surface area (Å²) in [6.07, 6.45) is 0. The molecule has 0 aliphatic carbocycles. The van der Waals surface area contributed by atoms with Crippen LogP contribution in [0.25, 0.3) is 0 Å². The van der Waals surface area contributed by atoms with Gasteiger partial charge >= 0.3 is 6.03 Å². The number of urea groups is 1. The summed E-state index contributed by atoms with van der Waals surface area (Å²) in [6.45, 7) is 0. The van der Waals surface area contributed by atoms with Gasteiger partial charge in [0.15, 0.2) is 0 Å². The van der Waals surface area contributed by atoms with Crippen LogP contribution >= 0.6 is 0 Å². The van der Waals surface area contributed by atoms with Crippen molar-refractivity contribution in [1.82, 2.24) is 10.9 Å². The number of rotatable bonds is 2. The van der Waals surface area contributed by atoms with E-state index in [1.165, 1.54) is 18.2 Å². The van der Waals surface area contributed by atoms with Crippen LogP contribution < -0.4 is 16.2 Å². The van der Waals surface area contributed by atoms with Gasteiger partial charge < -0.3 is 5.32 Å². The molecule has 0 fully saturated rings. The van der Waals surface area contributed by atoms with E-state index in [1.807, 2.05) is 0 Å². The molecule has 0 saturated carbocycles. The smallest absolute Gasteiger partial charge is 0.307 e. The third-order valence-electron chi connectivity index (χ3n) is 1.32. The fourth-order valence-corrected chi connectivity index (χ4v) is 0.842. The largest absolute Gasteiger partial charge is 0.333 e. The number of benzene rings is 1. The molecule has 0 heterocycles. The van der Waals surface area contributed by atoms with Crippen LogP contribution in [0.2, 0.25) is 0 Å². The van der Waals surface area contributed by atoms with Crippen LogP contribution in [0.5, 0.6) is 0 Å². The van der Waals surface area contributed by atoms with Gasteiger partial charge in [-0.25, -0.2) is 14.6 Å². The number of nitrogens with one attached hydrogen (secondary N) is 3. The van der Waals surface area contributed by atoms with Gasteiger partial charge in [0.2, 0.25) is 0 Å². The first-order chi connectivity index (χ1) is 6.22. The highest BCUT2D eigenvalue weighted by Crippen LogP contribution is 2.08. The van der Waals surface area contributed by atoms with Gasteiger partial charge in [-0.15, -0.1) is 0 Å². The average Bonchev–Trinajstić information content (AvgIpc) is 2.04. The lowest BCUT2D eigenvalue weighted by atomic mass is 10.3. The lowest BCUT2D eigenvalue weighted by Gasteiger charge is -2.05. The predicted octanol–water partition coefficient (Wildman–Crippen LogP) is 1.08. The second-order valence-corrected chi connectivity index (χ2v) is 2.34. The maximum Gasteiger partial charge on any atom is 0.333 e. The van der Waals surface area contributed by atoms with Gasteiger partial charge in [0, 0.05) is 12.7 Å². The number of carbonyl (C=O) groups excluding carboxylic acids is 1. The molecule has 0 unspecified atom stereocenters. The van der Waals surface area contributed by atoms with Crippen molar-refractivity contribution in [3.8, 4) is 0 Å². The molecule has 1 rings (SSSR count). The van der Waals surface area contributed by atoms with Gasteiger partial charge in [-0.3, -0.25) is 5.43 Å². The minimum absolute atomic E-state index is 0.387. The molecule has 70 valence electrons. The molecule has 0 saturated heterocycles. The maximum atomic E-state index is 12.6. The standard InChI is InChI=1S/C8H10FN3O/c1-10-12-8(13)11-7-4-2-3-6(9)5-7/h2-5,10H,1H3,(H2,11,12,13). The Kier molecular flexibility index (Phi) is 3.22. The monoisotopic (exact) mass is 183 g/mol. The molecule has 4 nitrogen and oxygen atoms in total. The first-order valence-corrected chi connectivity index (χ1v) is 3.71. The number of hydrogen-bond acceptors (Lipinski definition) is 2. The second kappa shape index (κ2) is 4.42. The Morgan fingerprint density at radius 2 is 2.23 bits per heavy atom. The summed E-state index contributed by atoms with van der Waals surface area (Å²) in [6, 6.07) is 5.21. The van der Waals surface area contributed by atoms with Crippen molar-refractivity contribution in [2.45, 2.75) is 0 Å². The fraction of sp³-hybridized carbons (Fsp3) is 0.125. The molecule has 0 aliphatic rings. The zero-order valence-corrected chi connectivity index (χ0v) is 7.10. The molecule has 5 heteroatoms. The topological polar surface area (TPSA) is 53.2 Å². The predicted molar refractivity (Wildman–Crippen MR) is 47.6 cm³/mol. The molecule has 2 amide bonds. The van der Waals surface area contributed by atoms with Crippen molar-refractivity contribution in [3.63, 3.8) is 0 Å². The minimum atomic E-state index is -0.437. The zero-order chi connectivity index (χ0) is 9.68. The third-order valence-corrected chi connectivity index (χ3v) is 1.32. The molecule has 3 N–H and O–H groups in total. The summed E-state index contributed by atoms with van der Waals surface area (Å²) >= 11 is 0. The Morgan fingerprint density at radius 3 is 2.85 bits per heavy atom. The van der Waals surface area contributed by atoms with Crippen LogP contribution in [0.4, 0.5) is 14.9 Å². The van der Waals surface area contributed by atoms with Crippen LogP contribution in [0.3, 0.4) is 0 Å². The summed E-state index contributed by atoms with van der Waals surface area (Å²) in [5, 5.41) is 2.43. The van der Waals surface area contributed by atoms with Crippen LogP contribution in [0, 0.1) is 5.82 Å². The quantitative estimate of drug-likeness (QED) is 0.601. The SMILES string of the molecule is CNNC(=O)Nc1cccc(F)c1. The molecule has 1 aromatic rings.